The molecule has 0 heterocycles. The van der Waals surface area contributed by atoms with Crippen LogP contribution in [-0.2, 0) is 14.3 Å². The molecule has 0 fully saturated rings. The minimum atomic E-state index is -3.71. The van der Waals surface area contributed by atoms with Crippen molar-refractivity contribution >= 4 is 10.1 Å². The highest BCUT2D eigenvalue weighted by atomic mass is 32.2. The Morgan fingerprint density at radius 1 is 1.05 bits per heavy atom. The lowest BCUT2D eigenvalue weighted by molar-refractivity contribution is 0.318. The molecule has 0 aliphatic carbocycles. The normalized spacial score (nSPS) is 11.4. The first-order chi connectivity index (χ1) is 10.5. The van der Waals surface area contributed by atoms with Gasteiger partial charge in [0.15, 0.2) is 0 Å². The van der Waals surface area contributed by atoms with Crippen LogP contribution in [0.1, 0.15) is 18.9 Å². The fraction of sp³-hybridized carbons (Fsp3) is 0.294. The van der Waals surface area contributed by atoms with E-state index in [1.807, 2.05) is 38.1 Å². The summed E-state index contributed by atoms with van der Waals surface area (Å²) in [6.07, 6.45) is 0.649. The van der Waals surface area contributed by atoms with Gasteiger partial charge in [0.05, 0.1) is 18.6 Å². The summed E-state index contributed by atoms with van der Waals surface area (Å²) in [6, 6.07) is 12.5. The van der Waals surface area contributed by atoms with Crippen LogP contribution in [0.5, 0.6) is 5.75 Å². The summed E-state index contributed by atoms with van der Waals surface area (Å²) >= 11 is 0. The number of hydrogen-bond acceptors (Lipinski definition) is 4. The molecular weight excluding hydrogens is 300 g/mol. The molecule has 0 radical (unpaired) electrons. The van der Waals surface area contributed by atoms with Gasteiger partial charge < -0.3 is 4.74 Å². The maximum atomic E-state index is 12.1. The predicted molar refractivity (Wildman–Crippen MR) is 86.6 cm³/mol. The van der Waals surface area contributed by atoms with Crippen molar-refractivity contribution in [3.8, 4) is 16.9 Å². The first-order valence-corrected chi connectivity index (χ1v) is 8.53. The highest BCUT2D eigenvalue weighted by Gasteiger charge is 2.16. The highest BCUT2D eigenvalue weighted by Crippen LogP contribution is 2.28. The van der Waals surface area contributed by atoms with Gasteiger partial charge in [0.25, 0.3) is 10.1 Å². The molecule has 0 N–H and O–H groups in total. The Hall–Kier alpha value is -1.85. The zero-order valence-corrected chi connectivity index (χ0v) is 13.8. The van der Waals surface area contributed by atoms with Crippen LogP contribution in [0.3, 0.4) is 0 Å². The van der Waals surface area contributed by atoms with Gasteiger partial charge in [-0.15, -0.1) is 0 Å². The monoisotopic (exact) mass is 320 g/mol. The summed E-state index contributed by atoms with van der Waals surface area (Å²) in [7, 11) is -2.10. The van der Waals surface area contributed by atoms with Gasteiger partial charge in [0.2, 0.25) is 0 Å². The lowest BCUT2D eigenvalue weighted by Gasteiger charge is -2.10. The minimum absolute atomic E-state index is 0.178. The Morgan fingerprint density at radius 2 is 1.73 bits per heavy atom. The lowest BCUT2D eigenvalue weighted by Crippen LogP contribution is -2.07. The van der Waals surface area contributed by atoms with Crippen LogP contribution in [0.4, 0.5) is 0 Å². The fourth-order valence-corrected chi connectivity index (χ4v) is 3.12. The molecule has 0 saturated heterocycles. The van der Waals surface area contributed by atoms with E-state index in [0.29, 0.717) is 6.42 Å². The van der Waals surface area contributed by atoms with Crippen molar-refractivity contribution in [2.24, 2.45) is 0 Å². The van der Waals surface area contributed by atoms with Gasteiger partial charge in [-0.25, -0.2) is 0 Å². The number of rotatable bonds is 6. The number of ether oxygens (including phenoxy) is 1. The average molecular weight is 320 g/mol. The smallest absolute Gasteiger partial charge is 0.296 e. The van der Waals surface area contributed by atoms with Crippen LogP contribution in [-0.4, -0.2) is 22.1 Å². The largest absolute Gasteiger partial charge is 0.497 e. The van der Waals surface area contributed by atoms with Crippen LogP contribution in [0.25, 0.3) is 11.1 Å². The predicted octanol–water partition coefficient (Wildman–Crippen LogP) is 3.79. The van der Waals surface area contributed by atoms with Gasteiger partial charge in [0.1, 0.15) is 5.75 Å². The van der Waals surface area contributed by atoms with Crippen molar-refractivity contribution in [3.05, 3.63) is 48.0 Å². The molecule has 0 aromatic heterocycles. The van der Waals surface area contributed by atoms with E-state index < -0.39 is 10.1 Å². The van der Waals surface area contributed by atoms with E-state index in [4.69, 9.17) is 8.92 Å². The molecule has 0 atom stereocenters. The Bertz CT molecular complexity index is 734. The molecule has 0 aliphatic heterocycles. The summed E-state index contributed by atoms with van der Waals surface area (Å²) in [4.78, 5) is 0.178. The molecule has 118 valence electrons. The topological polar surface area (TPSA) is 52.6 Å². The van der Waals surface area contributed by atoms with Gasteiger partial charge >= 0.3 is 0 Å². The van der Waals surface area contributed by atoms with E-state index in [1.165, 1.54) is 0 Å². The molecule has 2 aromatic rings. The van der Waals surface area contributed by atoms with E-state index >= 15 is 0 Å². The van der Waals surface area contributed by atoms with Crippen LogP contribution in [0.15, 0.2) is 47.4 Å². The molecular formula is C17H20O4S. The second-order valence-electron chi connectivity index (χ2n) is 4.98. The molecule has 2 aromatic carbocycles. The number of methoxy groups -OCH3 is 1. The number of hydrogen-bond donors (Lipinski definition) is 0. The summed E-state index contributed by atoms with van der Waals surface area (Å²) < 4.78 is 34.4. The van der Waals surface area contributed by atoms with Crippen LogP contribution in [0.2, 0.25) is 0 Å². The van der Waals surface area contributed by atoms with Gasteiger partial charge in [-0.3, -0.25) is 4.18 Å². The fourth-order valence-electron chi connectivity index (χ4n) is 2.10. The molecule has 0 aliphatic rings. The lowest BCUT2D eigenvalue weighted by atomic mass is 10.0. The quantitative estimate of drug-likeness (QED) is 0.760. The molecule has 0 unspecified atom stereocenters. The maximum absolute atomic E-state index is 12.1. The van der Waals surface area contributed by atoms with E-state index in [9.17, 15) is 8.42 Å². The molecule has 4 nitrogen and oxygen atoms in total. The average Bonchev–Trinajstić information content (AvgIpc) is 2.53. The minimum Gasteiger partial charge on any atom is -0.497 e. The van der Waals surface area contributed by atoms with Gasteiger partial charge in [-0.05, 0) is 54.3 Å². The third kappa shape index (κ3) is 3.67. The van der Waals surface area contributed by atoms with Crippen LogP contribution in [0, 0.1) is 6.92 Å². The Kier molecular flexibility index (Phi) is 5.21. The SMILES string of the molecule is CCCOS(=O)(=O)c1ccc(C)c(-c2ccc(OC)cc2)c1. The first-order valence-electron chi connectivity index (χ1n) is 7.12. The highest BCUT2D eigenvalue weighted by molar-refractivity contribution is 7.86. The van der Waals surface area contributed by atoms with Crippen molar-refractivity contribution < 1.29 is 17.3 Å². The standard InChI is InChI=1S/C17H20O4S/c1-4-11-21-22(18,19)16-10-5-13(2)17(12-16)14-6-8-15(20-3)9-7-14/h5-10,12H,4,11H2,1-3H3. The molecule has 0 spiro atoms. The molecule has 0 amide bonds. The zero-order valence-electron chi connectivity index (χ0n) is 13.0. The van der Waals surface area contributed by atoms with Crippen molar-refractivity contribution in [2.75, 3.05) is 13.7 Å². The molecule has 22 heavy (non-hydrogen) atoms. The van der Waals surface area contributed by atoms with Gasteiger partial charge in [-0.2, -0.15) is 8.42 Å². The Labute approximate surface area is 131 Å². The van der Waals surface area contributed by atoms with Crippen molar-refractivity contribution in [2.45, 2.75) is 25.2 Å². The number of benzene rings is 2. The van der Waals surface area contributed by atoms with Crippen LogP contribution < -0.4 is 4.74 Å². The second-order valence-corrected chi connectivity index (χ2v) is 6.60. The van der Waals surface area contributed by atoms with Gasteiger partial charge in [-0.1, -0.05) is 25.1 Å². The van der Waals surface area contributed by atoms with Crippen molar-refractivity contribution in [3.63, 3.8) is 0 Å². The number of aryl methyl sites for hydroxylation is 1. The summed E-state index contributed by atoms with van der Waals surface area (Å²) in [5, 5.41) is 0. The van der Waals surface area contributed by atoms with E-state index in [2.05, 4.69) is 0 Å². The maximum Gasteiger partial charge on any atom is 0.296 e. The first kappa shape index (κ1) is 16.5. The van der Waals surface area contributed by atoms with E-state index in [0.717, 1.165) is 22.4 Å². The van der Waals surface area contributed by atoms with Crippen molar-refractivity contribution in [1.82, 2.24) is 0 Å². The van der Waals surface area contributed by atoms with Crippen LogP contribution >= 0.6 is 0 Å². The molecule has 0 saturated carbocycles. The van der Waals surface area contributed by atoms with Gasteiger partial charge in [0, 0.05) is 0 Å². The summed E-state index contributed by atoms with van der Waals surface area (Å²) in [6.45, 7) is 4.00. The van der Waals surface area contributed by atoms with E-state index in [1.54, 1.807) is 25.3 Å². The summed E-state index contributed by atoms with van der Waals surface area (Å²) in [5.41, 5.74) is 2.80. The third-order valence-electron chi connectivity index (χ3n) is 3.34. The molecule has 0 bridgehead atoms. The molecule has 5 heteroatoms. The summed E-state index contributed by atoms with van der Waals surface area (Å²) in [5.74, 6) is 0.761. The van der Waals surface area contributed by atoms with Crippen molar-refractivity contribution in [1.29, 1.82) is 0 Å². The molecule has 2 rings (SSSR count). The zero-order chi connectivity index (χ0) is 16.2. The van der Waals surface area contributed by atoms with E-state index in [-0.39, 0.29) is 11.5 Å². The second kappa shape index (κ2) is 6.94. The Morgan fingerprint density at radius 3 is 2.32 bits per heavy atom. The Balaban J connectivity index is 2.42. The third-order valence-corrected chi connectivity index (χ3v) is 4.65.